The Bertz CT molecular complexity index is 401. The fourth-order valence-corrected chi connectivity index (χ4v) is 1.82. The van der Waals surface area contributed by atoms with Crippen molar-refractivity contribution in [2.24, 2.45) is 5.73 Å². The monoisotopic (exact) mass is 282 g/mol. The molecular formula is C12H15BrN2O. The van der Waals surface area contributed by atoms with Crippen molar-refractivity contribution >= 4 is 11.6 Å². The highest BCUT2D eigenvalue weighted by molar-refractivity contribution is 5.97. The van der Waals surface area contributed by atoms with Crippen LogP contribution in [0.15, 0.2) is 30.3 Å². The predicted octanol–water partition coefficient (Wildman–Crippen LogP) is -1.96. The van der Waals surface area contributed by atoms with Crippen molar-refractivity contribution in [3.05, 3.63) is 35.9 Å². The molecular weight excluding hydrogens is 268 g/mol. The summed E-state index contributed by atoms with van der Waals surface area (Å²) < 4.78 is 1.97. The highest BCUT2D eigenvalue weighted by Crippen LogP contribution is 2.04. The summed E-state index contributed by atoms with van der Waals surface area (Å²) in [6, 6.07) is 9.35. The molecule has 1 heterocycles. The van der Waals surface area contributed by atoms with Crippen LogP contribution in [0, 0.1) is 0 Å². The first kappa shape index (κ1) is 12.9. The van der Waals surface area contributed by atoms with Crippen LogP contribution >= 0.6 is 0 Å². The maximum absolute atomic E-state index is 11.8. The second kappa shape index (κ2) is 5.80. The molecule has 0 unspecified atom stereocenters. The molecule has 0 radical (unpaired) electrons. The first-order chi connectivity index (χ1) is 7.27. The summed E-state index contributed by atoms with van der Waals surface area (Å²) in [4.78, 5) is 11.8. The van der Waals surface area contributed by atoms with Gasteiger partial charge >= 0.3 is 0 Å². The van der Waals surface area contributed by atoms with Crippen molar-refractivity contribution in [1.29, 1.82) is 0 Å². The maximum Gasteiger partial charge on any atom is 0.243 e. The molecule has 1 aliphatic rings. The normalized spacial score (nSPS) is 14.8. The van der Waals surface area contributed by atoms with Crippen LogP contribution in [-0.2, 0) is 0 Å². The number of rotatable bonds is 3. The molecule has 0 aromatic heterocycles. The topological polar surface area (TPSA) is 46.1 Å². The molecule has 0 bridgehead atoms. The van der Waals surface area contributed by atoms with Crippen LogP contribution in [0.2, 0.25) is 0 Å². The Balaban J connectivity index is 0.00000128. The smallest absolute Gasteiger partial charge is 0.243 e. The summed E-state index contributed by atoms with van der Waals surface area (Å²) in [5.41, 5.74) is 6.56. The third kappa shape index (κ3) is 2.92. The Labute approximate surface area is 106 Å². The van der Waals surface area contributed by atoms with E-state index in [-0.39, 0.29) is 22.8 Å². The average molecular weight is 283 g/mol. The van der Waals surface area contributed by atoms with Crippen LogP contribution in [0.25, 0.3) is 0 Å². The number of ketones is 1. The minimum atomic E-state index is 0. The number of nitrogens with zero attached hydrogens (tertiary/aromatic N) is 1. The number of halogens is 1. The van der Waals surface area contributed by atoms with Crippen LogP contribution in [0.1, 0.15) is 23.2 Å². The van der Waals surface area contributed by atoms with Gasteiger partial charge in [-0.3, -0.25) is 15.1 Å². The molecule has 0 atom stereocenters. The number of carbonyl (C=O) groups excluding carboxylic acids is 1. The summed E-state index contributed by atoms with van der Waals surface area (Å²) in [7, 11) is 0. The molecule has 0 fully saturated rings. The highest BCUT2D eigenvalue weighted by Gasteiger charge is 2.19. The zero-order valence-corrected chi connectivity index (χ0v) is 10.6. The summed E-state index contributed by atoms with van der Waals surface area (Å²) >= 11 is 0. The van der Waals surface area contributed by atoms with E-state index in [0.29, 0.717) is 6.54 Å². The number of nitrogens with two attached hydrogens (primary N) is 1. The SMILES string of the molecule is NC1=[N+](CC(=O)c2ccccc2)CCC1.[Br-]. The summed E-state index contributed by atoms with van der Waals surface area (Å²) in [6.45, 7) is 1.32. The lowest BCUT2D eigenvalue weighted by atomic mass is 10.1. The number of benzene rings is 1. The lowest BCUT2D eigenvalue weighted by Crippen LogP contribution is -3.00. The molecule has 4 heteroatoms. The minimum Gasteiger partial charge on any atom is -1.00 e. The van der Waals surface area contributed by atoms with Gasteiger partial charge in [-0.1, -0.05) is 30.3 Å². The van der Waals surface area contributed by atoms with Gasteiger partial charge in [0.05, 0.1) is 13.0 Å². The lowest BCUT2D eigenvalue weighted by molar-refractivity contribution is -0.507. The number of Topliss-reactive ketones (excluding diaryl/α,β-unsaturated/α-hetero) is 1. The number of hydrogen-bond acceptors (Lipinski definition) is 2. The van der Waals surface area contributed by atoms with E-state index in [4.69, 9.17) is 5.73 Å². The summed E-state index contributed by atoms with van der Waals surface area (Å²) in [6.07, 6.45) is 1.98. The minimum absolute atomic E-state index is 0. The molecule has 0 amide bonds. The molecule has 1 aromatic carbocycles. The molecule has 0 saturated heterocycles. The lowest BCUT2D eigenvalue weighted by Gasteiger charge is -2.02. The molecule has 0 aliphatic carbocycles. The van der Waals surface area contributed by atoms with Crippen LogP contribution in [-0.4, -0.2) is 29.3 Å². The summed E-state index contributed by atoms with van der Waals surface area (Å²) in [5.74, 6) is 0.986. The van der Waals surface area contributed by atoms with E-state index >= 15 is 0 Å². The van der Waals surface area contributed by atoms with E-state index in [2.05, 4.69) is 0 Å². The van der Waals surface area contributed by atoms with Gasteiger partial charge in [-0.2, -0.15) is 0 Å². The second-order valence-electron chi connectivity index (χ2n) is 3.81. The number of carbonyl (C=O) groups is 1. The molecule has 16 heavy (non-hydrogen) atoms. The van der Waals surface area contributed by atoms with E-state index < -0.39 is 0 Å². The van der Waals surface area contributed by atoms with Gasteiger partial charge in [0.1, 0.15) is 6.54 Å². The predicted molar refractivity (Wildman–Crippen MR) is 59.2 cm³/mol. The van der Waals surface area contributed by atoms with E-state index in [1.54, 1.807) is 0 Å². The molecule has 86 valence electrons. The molecule has 3 nitrogen and oxygen atoms in total. The van der Waals surface area contributed by atoms with Gasteiger partial charge < -0.3 is 17.0 Å². The van der Waals surface area contributed by atoms with Gasteiger partial charge in [0.15, 0.2) is 0 Å². The van der Waals surface area contributed by atoms with Gasteiger partial charge in [0.25, 0.3) is 0 Å². The van der Waals surface area contributed by atoms with Crippen molar-refractivity contribution in [1.82, 2.24) is 0 Å². The molecule has 0 saturated carbocycles. The molecule has 1 aromatic rings. The Morgan fingerprint density at radius 3 is 2.56 bits per heavy atom. The van der Waals surface area contributed by atoms with Gasteiger partial charge in [-0.25, -0.2) is 0 Å². The van der Waals surface area contributed by atoms with Crippen molar-refractivity contribution in [2.45, 2.75) is 12.8 Å². The Kier molecular flexibility index (Phi) is 4.68. The zero-order chi connectivity index (χ0) is 10.7. The number of amidine groups is 1. The maximum atomic E-state index is 11.8. The molecule has 0 spiro atoms. The first-order valence-electron chi connectivity index (χ1n) is 5.22. The van der Waals surface area contributed by atoms with Crippen molar-refractivity contribution in [2.75, 3.05) is 13.1 Å². The molecule has 1 aliphatic heterocycles. The van der Waals surface area contributed by atoms with E-state index in [9.17, 15) is 4.79 Å². The van der Waals surface area contributed by atoms with Gasteiger partial charge in [0.2, 0.25) is 11.6 Å². The standard InChI is InChI=1S/C12H14N2O.BrH/c13-12-7-4-8-14(12)9-11(15)10-5-2-1-3-6-10;/h1-3,5-6,13H,4,7-9H2;1H. The third-order valence-corrected chi connectivity index (χ3v) is 2.70. The Hall–Kier alpha value is -1.16. The van der Waals surface area contributed by atoms with Gasteiger partial charge in [0, 0.05) is 5.56 Å². The largest absolute Gasteiger partial charge is 1.00 e. The van der Waals surface area contributed by atoms with E-state index in [0.717, 1.165) is 30.8 Å². The third-order valence-electron chi connectivity index (χ3n) is 2.70. The van der Waals surface area contributed by atoms with E-state index in [1.807, 2.05) is 34.9 Å². The quantitative estimate of drug-likeness (QED) is 0.517. The highest BCUT2D eigenvalue weighted by atomic mass is 79.9. The Morgan fingerprint density at radius 2 is 2.00 bits per heavy atom. The van der Waals surface area contributed by atoms with Crippen LogP contribution < -0.4 is 22.7 Å². The number of hydrogen-bond donors (Lipinski definition) is 1. The Morgan fingerprint density at radius 1 is 1.31 bits per heavy atom. The fourth-order valence-electron chi connectivity index (χ4n) is 1.82. The fraction of sp³-hybridized carbons (Fsp3) is 0.333. The summed E-state index contributed by atoms with van der Waals surface area (Å²) in [5, 5.41) is 0. The van der Waals surface area contributed by atoms with Crippen LogP contribution in [0.4, 0.5) is 0 Å². The van der Waals surface area contributed by atoms with Crippen molar-refractivity contribution in [3.63, 3.8) is 0 Å². The zero-order valence-electron chi connectivity index (χ0n) is 9.03. The molecule has 2 rings (SSSR count). The van der Waals surface area contributed by atoms with Crippen LogP contribution in [0.3, 0.4) is 0 Å². The van der Waals surface area contributed by atoms with Gasteiger partial charge in [-0.05, 0) is 6.42 Å². The van der Waals surface area contributed by atoms with Gasteiger partial charge in [-0.15, -0.1) is 0 Å². The van der Waals surface area contributed by atoms with Crippen LogP contribution in [0.5, 0.6) is 0 Å². The average Bonchev–Trinajstić information content (AvgIpc) is 2.66. The molecule has 2 N–H and O–H groups in total. The van der Waals surface area contributed by atoms with E-state index in [1.165, 1.54) is 0 Å². The van der Waals surface area contributed by atoms with Crippen molar-refractivity contribution < 1.29 is 26.4 Å². The second-order valence-corrected chi connectivity index (χ2v) is 3.81. The first-order valence-corrected chi connectivity index (χ1v) is 5.22. The van der Waals surface area contributed by atoms with Crippen molar-refractivity contribution in [3.8, 4) is 0 Å².